The van der Waals surface area contributed by atoms with Crippen LogP contribution in [0.1, 0.15) is 21.6 Å². The largest absolute Gasteiger partial charge is 0.464 e. The quantitative estimate of drug-likeness (QED) is 0.562. The third kappa shape index (κ3) is 5.50. The van der Waals surface area contributed by atoms with Gasteiger partial charge in [-0.25, -0.2) is 14.8 Å². The van der Waals surface area contributed by atoms with Crippen LogP contribution in [0.25, 0.3) is 0 Å². The van der Waals surface area contributed by atoms with Gasteiger partial charge < -0.3 is 4.74 Å². The second-order valence-corrected chi connectivity index (χ2v) is 5.29. The lowest BCUT2D eigenvalue weighted by atomic mass is 10.3. The van der Waals surface area contributed by atoms with E-state index in [4.69, 9.17) is 34.8 Å². The highest BCUT2D eigenvalue weighted by atomic mass is 35.5. The van der Waals surface area contributed by atoms with Gasteiger partial charge in [-0.05, 0) is 37.1 Å². The van der Waals surface area contributed by atoms with E-state index < -0.39 is 5.97 Å². The summed E-state index contributed by atoms with van der Waals surface area (Å²) in [6, 6.07) is 3.44. The molecule has 21 heavy (non-hydrogen) atoms. The maximum Gasteiger partial charge on any atom is 0.358 e. The summed E-state index contributed by atoms with van der Waals surface area (Å²) >= 11 is 16.9. The van der Waals surface area contributed by atoms with E-state index in [-0.39, 0.29) is 5.69 Å². The molecule has 4 nitrogen and oxygen atoms in total. The summed E-state index contributed by atoms with van der Waals surface area (Å²) in [6.45, 7) is 3.76. The molecule has 0 bridgehead atoms. The van der Waals surface area contributed by atoms with Crippen LogP contribution in [0, 0.1) is 13.8 Å². The summed E-state index contributed by atoms with van der Waals surface area (Å²) in [7, 11) is 1.29. The molecule has 0 aliphatic carbocycles. The zero-order valence-corrected chi connectivity index (χ0v) is 13.9. The van der Waals surface area contributed by atoms with Gasteiger partial charge in [0, 0.05) is 12.4 Å². The zero-order valence-electron chi connectivity index (χ0n) is 11.7. The third-order valence-corrected chi connectivity index (χ3v) is 3.26. The van der Waals surface area contributed by atoms with Gasteiger partial charge in [-0.2, -0.15) is 0 Å². The maximum absolute atomic E-state index is 11.0. The first kappa shape index (κ1) is 17.7. The van der Waals surface area contributed by atoms with Crippen LogP contribution in [0.3, 0.4) is 0 Å². The van der Waals surface area contributed by atoms with E-state index in [0.717, 1.165) is 11.1 Å². The highest BCUT2D eigenvalue weighted by Crippen LogP contribution is 2.18. The number of halogens is 3. The standard InChI is InChI=1S/C8H8ClNO2.C6H5Cl2N/c1-5-3-6(9)7(10-4-5)8(11)12-2;1-4-2-5(7)6(8)9-3-4/h3-4H,1-2H3;2-3H,1H3. The molecule has 0 atom stereocenters. The summed E-state index contributed by atoms with van der Waals surface area (Å²) < 4.78 is 4.47. The van der Waals surface area contributed by atoms with Crippen LogP contribution in [-0.2, 0) is 4.74 Å². The second-order valence-electron chi connectivity index (χ2n) is 4.12. The molecular formula is C14H13Cl3N2O2. The lowest BCUT2D eigenvalue weighted by Gasteiger charge is -2.00. The van der Waals surface area contributed by atoms with Crippen molar-refractivity contribution in [2.75, 3.05) is 7.11 Å². The van der Waals surface area contributed by atoms with Crippen molar-refractivity contribution in [2.45, 2.75) is 13.8 Å². The molecule has 2 aromatic rings. The van der Waals surface area contributed by atoms with Crippen molar-refractivity contribution in [2.24, 2.45) is 0 Å². The number of pyridine rings is 2. The van der Waals surface area contributed by atoms with E-state index in [0.29, 0.717) is 15.2 Å². The molecule has 0 saturated carbocycles. The van der Waals surface area contributed by atoms with Crippen molar-refractivity contribution in [3.05, 3.63) is 56.5 Å². The molecule has 0 unspecified atom stereocenters. The molecule has 0 radical (unpaired) electrons. The van der Waals surface area contributed by atoms with Gasteiger partial charge in [0.05, 0.1) is 17.2 Å². The summed E-state index contributed by atoms with van der Waals surface area (Å²) in [4.78, 5) is 18.6. The van der Waals surface area contributed by atoms with Crippen molar-refractivity contribution in [1.82, 2.24) is 9.97 Å². The second kappa shape index (κ2) is 8.17. The monoisotopic (exact) mass is 346 g/mol. The Morgan fingerprint density at radius 1 is 1.00 bits per heavy atom. The Hall–Kier alpha value is -1.36. The molecule has 0 saturated heterocycles. The van der Waals surface area contributed by atoms with Gasteiger partial charge >= 0.3 is 5.97 Å². The van der Waals surface area contributed by atoms with Gasteiger partial charge in [-0.15, -0.1) is 0 Å². The smallest absolute Gasteiger partial charge is 0.358 e. The number of ether oxygens (including phenoxy) is 1. The minimum Gasteiger partial charge on any atom is -0.464 e. The number of hydrogen-bond acceptors (Lipinski definition) is 4. The number of methoxy groups -OCH3 is 1. The van der Waals surface area contributed by atoms with Gasteiger partial charge in [0.15, 0.2) is 5.69 Å². The molecular weight excluding hydrogens is 335 g/mol. The average Bonchev–Trinajstić information content (AvgIpc) is 2.43. The fourth-order valence-corrected chi connectivity index (χ4v) is 1.92. The van der Waals surface area contributed by atoms with Crippen LogP contribution < -0.4 is 0 Å². The first-order valence-electron chi connectivity index (χ1n) is 5.83. The molecule has 0 aliphatic heterocycles. The zero-order chi connectivity index (χ0) is 16.0. The number of hydrogen-bond donors (Lipinski definition) is 0. The molecule has 2 heterocycles. The molecule has 0 N–H and O–H groups in total. The number of aromatic nitrogens is 2. The molecule has 0 amide bonds. The SMILES string of the molecule is COC(=O)c1ncc(C)cc1Cl.Cc1cnc(Cl)c(Cl)c1. The molecule has 2 rings (SSSR count). The van der Waals surface area contributed by atoms with E-state index in [1.165, 1.54) is 7.11 Å². The van der Waals surface area contributed by atoms with Crippen LogP contribution in [0.4, 0.5) is 0 Å². The van der Waals surface area contributed by atoms with Crippen molar-refractivity contribution >= 4 is 40.8 Å². The van der Waals surface area contributed by atoms with E-state index in [9.17, 15) is 4.79 Å². The molecule has 2 aromatic heterocycles. The Morgan fingerprint density at radius 3 is 1.95 bits per heavy atom. The summed E-state index contributed by atoms with van der Waals surface area (Å²) in [6.07, 6.45) is 3.24. The predicted octanol–water partition coefficient (Wildman–Crippen LogP) is 4.53. The number of carbonyl (C=O) groups excluding carboxylic acids is 1. The van der Waals surface area contributed by atoms with Crippen LogP contribution in [0.2, 0.25) is 15.2 Å². The Labute approximate surface area is 138 Å². The van der Waals surface area contributed by atoms with E-state index in [2.05, 4.69) is 14.7 Å². The van der Waals surface area contributed by atoms with Crippen molar-refractivity contribution in [1.29, 1.82) is 0 Å². The summed E-state index contributed by atoms with van der Waals surface area (Å²) in [5.74, 6) is -0.514. The fourth-order valence-electron chi connectivity index (χ4n) is 1.30. The fraction of sp³-hybridized carbons (Fsp3) is 0.214. The van der Waals surface area contributed by atoms with Crippen LogP contribution >= 0.6 is 34.8 Å². The van der Waals surface area contributed by atoms with Gasteiger partial charge in [0.25, 0.3) is 0 Å². The lowest BCUT2D eigenvalue weighted by molar-refractivity contribution is 0.0594. The molecule has 112 valence electrons. The van der Waals surface area contributed by atoms with Crippen LogP contribution in [-0.4, -0.2) is 23.0 Å². The number of rotatable bonds is 1. The molecule has 0 spiro atoms. The topological polar surface area (TPSA) is 52.1 Å². The van der Waals surface area contributed by atoms with E-state index in [1.54, 1.807) is 24.5 Å². The number of nitrogens with zero attached hydrogens (tertiary/aromatic N) is 2. The Kier molecular flexibility index (Phi) is 6.89. The van der Waals surface area contributed by atoms with E-state index in [1.807, 2.05) is 13.8 Å². The molecule has 0 fully saturated rings. The molecule has 7 heteroatoms. The van der Waals surface area contributed by atoms with Crippen LogP contribution in [0.15, 0.2) is 24.5 Å². The Balaban J connectivity index is 0.000000219. The first-order valence-corrected chi connectivity index (χ1v) is 6.96. The Bertz CT molecular complexity index is 648. The molecule has 0 aliphatic rings. The Morgan fingerprint density at radius 2 is 1.52 bits per heavy atom. The summed E-state index contributed by atoms with van der Waals surface area (Å²) in [5.41, 5.74) is 2.09. The number of aryl methyl sites for hydroxylation is 2. The van der Waals surface area contributed by atoms with Gasteiger partial charge in [-0.3, -0.25) is 0 Å². The maximum atomic E-state index is 11.0. The lowest BCUT2D eigenvalue weighted by Crippen LogP contribution is -2.04. The van der Waals surface area contributed by atoms with Crippen molar-refractivity contribution < 1.29 is 9.53 Å². The highest BCUT2D eigenvalue weighted by molar-refractivity contribution is 6.41. The van der Waals surface area contributed by atoms with Gasteiger partial charge in [0.2, 0.25) is 0 Å². The predicted molar refractivity (Wildman–Crippen MR) is 84.3 cm³/mol. The van der Waals surface area contributed by atoms with Crippen LogP contribution in [0.5, 0.6) is 0 Å². The first-order chi connectivity index (χ1) is 9.85. The normalized spacial score (nSPS) is 9.62. The van der Waals surface area contributed by atoms with Gasteiger partial charge in [0.1, 0.15) is 5.15 Å². The minimum atomic E-state index is -0.514. The minimum absolute atomic E-state index is 0.157. The summed E-state index contributed by atoms with van der Waals surface area (Å²) in [5, 5.41) is 1.20. The highest BCUT2D eigenvalue weighted by Gasteiger charge is 2.11. The number of carbonyl (C=O) groups is 1. The van der Waals surface area contributed by atoms with Gasteiger partial charge in [-0.1, -0.05) is 34.8 Å². The molecule has 0 aromatic carbocycles. The van der Waals surface area contributed by atoms with Crippen molar-refractivity contribution in [3.63, 3.8) is 0 Å². The average molecular weight is 348 g/mol. The third-order valence-electron chi connectivity index (χ3n) is 2.29. The number of esters is 1. The van der Waals surface area contributed by atoms with Crippen molar-refractivity contribution in [3.8, 4) is 0 Å². The van der Waals surface area contributed by atoms with E-state index >= 15 is 0 Å².